The molecule has 1 saturated carbocycles. The quantitative estimate of drug-likeness (QED) is 0.342. The fourth-order valence-electron chi connectivity index (χ4n) is 5.70. The first kappa shape index (κ1) is 25.5. The number of nitrogens with one attached hydrogen (secondary N) is 3. The van der Waals surface area contributed by atoms with E-state index in [2.05, 4.69) is 15.5 Å². The molecule has 2 aromatic carbocycles. The van der Waals surface area contributed by atoms with E-state index >= 15 is 0 Å². The van der Waals surface area contributed by atoms with E-state index in [0.717, 1.165) is 63.0 Å². The summed E-state index contributed by atoms with van der Waals surface area (Å²) in [5.74, 6) is -0.0470. The van der Waals surface area contributed by atoms with Crippen LogP contribution in [0.2, 0.25) is 0 Å². The number of carbonyl (C=O) groups is 2. The molecular weight excluding hydrogens is 469 g/mol. The average molecular weight is 506 g/mol. The number of halogens is 1. The van der Waals surface area contributed by atoms with Crippen molar-refractivity contribution in [3.05, 3.63) is 71.0 Å². The third kappa shape index (κ3) is 6.25. The van der Waals surface area contributed by atoms with Gasteiger partial charge < -0.3 is 25.8 Å². The Morgan fingerprint density at radius 2 is 1.76 bits per heavy atom. The summed E-state index contributed by atoms with van der Waals surface area (Å²) in [5.41, 5.74) is 2.37. The maximum atomic E-state index is 13.7. The van der Waals surface area contributed by atoms with E-state index in [1.165, 1.54) is 18.3 Å². The minimum absolute atomic E-state index is 0.0221. The summed E-state index contributed by atoms with van der Waals surface area (Å²) in [5, 5.41) is 14.0. The second kappa shape index (κ2) is 11.5. The summed E-state index contributed by atoms with van der Waals surface area (Å²) in [6, 6.07) is 13.6. The fraction of sp³-hybridized carbons (Fsp3) is 0.483. The van der Waals surface area contributed by atoms with Crippen LogP contribution >= 0.6 is 0 Å². The summed E-state index contributed by atoms with van der Waals surface area (Å²) in [6.07, 6.45) is 5.59. The van der Waals surface area contributed by atoms with Gasteiger partial charge in [0.25, 0.3) is 5.91 Å². The normalized spacial score (nSPS) is 25.3. The lowest BCUT2D eigenvalue weighted by Crippen LogP contribution is -2.52. The largest absolute Gasteiger partial charge is 0.340 e. The molecule has 3 saturated heterocycles. The van der Waals surface area contributed by atoms with Crippen LogP contribution in [0.15, 0.2) is 48.5 Å². The number of piperidine rings is 1. The van der Waals surface area contributed by atoms with Crippen molar-refractivity contribution < 1.29 is 14.0 Å². The van der Waals surface area contributed by atoms with Crippen molar-refractivity contribution in [1.82, 2.24) is 20.4 Å². The van der Waals surface area contributed by atoms with E-state index in [9.17, 15) is 14.0 Å². The maximum Gasteiger partial charge on any atom is 0.251 e. The van der Waals surface area contributed by atoms with Crippen LogP contribution in [0.5, 0.6) is 0 Å². The van der Waals surface area contributed by atoms with Crippen LogP contribution in [-0.2, 0) is 4.79 Å². The summed E-state index contributed by atoms with van der Waals surface area (Å²) >= 11 is 0. The van der Waals surface area contributed by atoms with Crippen LogP contribution in [0.4, 0.5) is 4.39 Å². The molecule has 7 nitrogen and oxygen atoms in total. The van der Waals surface area contributed by atoms with Gasteiger partial charge in [0.05, 0.1) is 0 Å². The molecule has 3 atom stereocenters. The lowest BCUT2D eigenvalue weighted by molar-refractivity contribution is -0.135. The molecule has 1 aliphatic carbocycles. The first-order chi connectivity index (χ1) is 18.0. The molecule has 3 heterocycles. The standard InChI is InChI=1S/C29H36FN5O2/c30-23-9-7-21(8-10-23)25-18-27(25)32-13-1-2-26(33-28(36)22-5-3-20(19-31)4-6-22)29(37)35-17-16-34-14-11-24(35)12-15-34/h3-10,19,24-27,31-32H,1-2,11-18H2,(H,33,36)/t25-,26-,27+/m0/s1. The van der Waals surface area contributed by atoms with Gasteiger partial charge >= 0.3 is 0 Å². The average Bonchev–Trinajstić information content (AvgIpc) is 3.75. The molecule has 0 unspecified atom stereocenters. The Morgan fingerprint density at radius 1 is 1.03 bits per heavy atom. The van der Waals surface area contributed by atoms with Gasteiger partial charge in [-0.05, 0) is 74.0 Å². The zero-order chi connectivity index (χ0) is 25.8. The summed E-state index contributed by atoms with van der Waals surface area (Å²) < 4.78 is 13.2. The minimum Gasteiger partial charge on any atom is -0.340 e. The second-order valence-electron chi connectivity index (χ2n) is 10.5. The Labute approximate surface area is 217 Å². The molecular formula is C29H36FN5O2. The van der Waals surface area contributed by atoms with E-state index in [1.54, 1.807) is 24.3 Å². The van der Waals surface area contributed by atoms with Crippen molar-refractivity contribution in [3.63, 3.8) is 0 Å². The fourth-order valence-corrected chi connectivity index (χ4v) is 5.70. The molecule has 0 spiro atoms. The molecule has 3 N–H and O–H groups in total. The smallest absolute Gasteiger partial charge is 0.251 e. The molecule has 8 heteroatoms. The van der Waals surface area contributed by atoms with E-state index < -0.39 is 6.04 Å². The molecule has 3 aliphatic heterocycles. The second-order valence-corrected chi connectivity index (χ2v) is 10.5. The zero-order valence-corrected chi connectivity index (χ0v) is 21.2. The predicted octanol–water partition coefficient (Wildman–Crippen LogP) is 3.15. The molecule has 37 heavy (non-hydrogen) atoms. The molecule has 196 valence electrons. The number of fused-ring (bicyclic) bond motifs is 4. The first-order valence-electron chi connectivity index (χ1n) is 13.4. The van der Waals surface area contributed by atoms with Gasteiger partial charge in [-0.25, -0.2) is 4.39 Å². The van der Waals surface area contributed by atoms with Gasteiger partial charge in [0.1, 0.15) is 11.9 Å². The zero-order valence-electron chi connectivity index (χ0n) is 21.2. The van der Waals surface area contributed by atoms with Crippen LogP contribution in [0.1, 0.15) is 59.5 Å². The molecule has 6 rings (SSSR count). The number of hydrogen-bond donors (Lipinski definition) is 3. The van der Waals surface area contributed by atoms with Crippen molar-refractivity contribution in [2.75, 3.05) is 32.7 Å². The Bertz CT molecular complexity index is 1100. The van der Waals surface area contributed by atoms with Crippen LogP contribution in [0, 0.1) is 11.2 Å². The number of amides is 2. The van der Waals surface area contributed by atoms with E-state index in [-0.39, 0.29) is 23.7 Å². The molecule has 2 aromatic rings. The van der Waals surface area contributed by atoms with Crippen molar-refractivity contribution in [2.45, 2.75) is 56.1 Å². The molecule has 0 aromatic heterocycles. The van der Waals surface area contributed by atoms with Crippen molar-refractivity contribution >= 4 is 18.0 Å². The third-order valence-electron chi connectivity index (χ3n) is 8.05. The van der Waals surface area contributed by atoms with Gasteiger partial charge in [-0.3, -0.25) is 9.59 Å². The van der Waals surface area contributed by atoms with Crippen LogP contribution in [0.25, 0.3) is 0 Å². The molecule has 4 aliphatic rings. The Balaban J connectivity index is 1.19. The third-order valence-corrected chi connectivity index (χ3v) is 8.05. The van der Waals surface area contributed by atoms with Gasteiger partial charge in [-0.2, -0.15) is 0 Å². The van der Waals surface area contributed by atoms with Gasteiger partial charge in [0.2, 0.25) is 5.91 Å². The van der Waals surface area contributed by atoms with Crippen LogP contribution in [0.3, 0.4) is 0 Å². The highest BCUT2D eigenvalue weighted by Crippen LogP contribution is 2.40. The summed E-state index contributed by atoms with van der Waals surface area (Å²) in [7, 11) is 0. The SMILES string of the molecule is N=Cc1ccc(C(=O)N[C@@H](CCCN[C@@H]2C[C@H]2c2ccc(F)cc2)C(=O)N2CCN3CCC2CC3)cc1. The highest BCUT2D eigenvalue weighted by molar-refractivity contribution is 5.98. The van der Waals surface area contributed by atoms with Crippen molar-refractivity contribution in [3.8, 4) is 0 Å². The molecule has 2 bridgehead atoms. The van der Waals surface area contributed by atoms with Gasteiger partial charge in [0, 0.05) is 56.0 Å². The number of nitrogens with zero attached hydrogens (tertiary/aromatic N) is 2. The Hall–Kier alpha value is -3.10. The Morgan fingerprint density at radius 3 is 2.46 bits per heavy atom. The van der Waals surface area contributed by atoms with E-state index in [4.69, 9.17) is 5.41 Å². The predicted molar refractivity (Wildman–Crippen MR) is 142 cm³/mol. The van der Waals surface area contributed by atoms with Crippen LogP contribution in [-0.4, -0.2) is 78.7 Å². The number of hydrogen-bond acceptors (Lipinski definition) is 5. The van der Waals surface area contributed by atoms with E-state index in [1.807, 2.05) is 17.0 Å². The highest BCUT2D eigenvalue weighted by atomic mass is 19.1. The van der Waals surface area contributed by atoms with Crippen molar-refractivity contribution in [2.24, 2.45) is 0 Å². The Kier molecular flexibility index (Phi) is 7.96. The molecule has 0 radical (unpaired) electrons. The first-order valence-corrected chi connectivity index (χ1v) is 13.4. The minimum atomic E-state index is -0.573. The molecule has 2 amide bonds. The number of rotatable bonds is 10. The lowest BCUT2D eigenvalue weighted by Gasteiger charge is -2.34. The lowest BCUT2D eigenvalue weighted by atomic mass is 10.0. The monoisotopic (exact) mass is 505 g/mol. The molecule has 4 fully saturated rings. The van der Waals surface area contributed by atoms with Gasteiger partial charge in [-0.15, -0.1) is 0 Å². The highest BCUT2D eigenvalue weighted by Gasteiger charge is 2.38. The van der Waals surface area contributed by atoms with Crippen LogP contribution < -0.4 is 10.6 Å². The van der Waals surface area contributed by atoms with Crippen molar-refractivity contribution in [1.29, 1.82) is 5.41 Å². The summed E-state index contributed by atoms with van der Waals surface area (Å²) in [6.45, 7) is 4.43. The number of benzene rings is 2. The topological polar surface area (TPSA) is 88.5 Å². The van der Waals surface area contributed by atoms with Gasteiger partial charge in [0.15, 0.2) is 0 Å². The van der Waals surface area contributed by atoms with Gasteiger partial charge in [-0.1, -0.05) is 24.3 Å². The number of carbonyl (C=O) groups excluding carboxylic acids is 2. The van der Waals surface area contributed by atoms with E-state index in [0.29, 0.717) is 30.5 Å². The summed E-state index contributed by atoms with van der Waals surface area (Å²) in [4.78, 5) is 31.2. The maximum absolute atomic E-state index is 13.7.